The van der Waals surface area contributed by atoms with E-state index < -0.39 is 85.3 Å². The molecular weight excluding hydrogens is 1010 g/mol. The van der Waals surface area contributed by atoms with Gasteiger partial charge in [-0.25, -0.2) is 29.0 Å². The molecule has 3 aromatic rings. The number of carbonyl (C=O) groups excluding carboxylic acids is 5. The van der Waals surface area contributed by atoms with E-state index in [0.29, 0.717) is 56.2 Å². The Balaban J connectivity index is 1.43. The molecule has 3 amide bonds. The van der Waals surface area contributed by atoms with Crippen molar-refractivity contribution in [1.29, 1.82) is 0 Å². The van der Waals surface area contributed by atoms with Gasteiger partial charge in [-0.2, -0.15) is 26.3 Å². The van der Waals surface area contributed by atoms with Gasteiger partial charge < -0.3 is 42.9 Å². The van der Waals surface area contributed by atoms with Crippen LogP contribution in [0.2, 0.25) is 0 Å². The van der Waals surface area contributed by atoms with Crippen LogP contribution < -0.4 is 20.1 Å². The van der Waals surface area contributed by atoms with E-state index in [1.807, 2.05) is 43.9 Å². The second-order valence-corrected chi connectivity index (χ2v) is 24.0. The molecule has 2 aliphatic heterocycles. The molecule has 2 aliphatic rings. The van der Waals surface area contributed by atoms with Gasteiger partial charge in [0.25, 0.3) is 5.60 Å². The normalized spacial score (nSPS) is 16.7. The molecule has 2 atom stereocenters. The summed E-state index contributed by atoms with van der Waals surface area (Å²) in [5, 5.41) is 9.59. The van der Waals surface area contributed by atoms with Crippen LogP contribution in [-0.2, 0) is 67.2 Å². The van der Waals surface area contributed by atoms with E-state index in [-0.39, 0.29) is 30.0 Å². The minimum atomic E-state index is -6.54. The molecule has 0 bridgehead atoms. The lowest BCUT2D eigenvalue weighted by atomic mass is 9.89. The SMILES string of the molecule is CC(C)(C)OC(=O)NCCCn1cc(-c2ccc3c(c2)CC[C@H]([C@](C)(O/N=C(\C(=O)OS(=O)(=O)C(F)(F)F)c2csc(NC(=O)OC(C)(C)C)n2)C(=O)OC(C)(C)C)O3)c[n+]1CC1CN(C(=O)OC(C)(C)C)C1. The van der Waals surface area contributed by atoms with Crippen LogP contribution in [0.4, 0.5) is 32.7 Å². The number of amides is 3. The van der Waals surface area contributed by atoms with Crippen LogP contribution >= 0.6 is 11.3 Å². The predicted molar refractivity (Wildman–Crippen MR) is 258 cm³/mol. The van der Waals surface area contributed by atoms with Gasteiger partial charge in [0.2, 0.25) is 11.9 Å². The number of aryl methyl sites for hydroxylation is 2. The summed E-state index contributed by atoms with van der Waals surface area (Å²) in [5.41, 5.74) is -11.1. The van der Waals surface area contributed by atoms with Crippen LogP contribution in [-0.4, -0.2) is 118 Å². The molecule has 4 heterocycles. The van der Waals surface area contributed by atoms with Crippen LogP contribution in [0.5, 0.6) is 5.75 Å². The van der Waals surface area contributed by atoms with E-state index >= 15 is 0 Å². The lowest BCUT2D eigenvalue weighted by molar-refractivity contribution is -0.781. The number of benzene rings is 1. The van der Waals surface area contributed by atoms with Crippen molar-refractivity contribution in [1.82, 2.24) is 19.9 Å². The summed E-state index contributed by atoms with van der Waals surface area (Å²) in [4.78, 5) is 76.2. The third-order valence-corrected chi connectivity index (χ3v) is 12.0. The molecule has 0 unspecified atom stereocenters. The number of likely N-dealkylation sites (tertiary alicyclic amines) is 1. The minimum Gasteiger partial charge on any atom is -0.485 e. The number of rotatable bonds is 15. The van der Waals surface area contributed by atoms with Crippen LogP contribution in [0.25, 0.3) is 11.1 Å². The maximum Gasteiger partial charge on any atom is 0.534 e. The highest BCUT2D eigenvalue weighted by Gasteiger charge is 2.52. The number of alkyl halides is 3. The summed E-state index contributed by atoms with van der Waals surface area (Å²) in [5.74, 6) is -2.78. The Bertz CT molecular complexity index is 2670. The van der Waals surface area contributed by atoms with Gasteiger partial charge in [0.15, 0.2) is 17.8 Å². The average Bonchev–Trinajstić information content (AvgIpc) is 3.83. The van der Waals surface area contributed by atoms with Gasteiger partial charge in [0.05, 0.1) is 24.2 Å². The summed E-state index contributed by atoms with van der Waals surface area (Å²) >= 11 is 0.664. The average molecular weight is 1070 g/mol. The Kier molecular flexibility index (Phi) is 17.2. The quantitative estimate of drug-likeness (QED) is 0.0217. The molecule has 2 N–H and O–H groups in total. The van der Waals surface area contributed by atoms with Gasteiger partial charge in [0.1, 0.15) is 33.8 Å². The number of aromatic nitrogens is 3. The summed E-state index contributed by atoms with van der Waals surface area (Å²) in [6.45, 7) is 23.9. The molecule has 0 saturated carbocycles. The van der Waals surface area contributed by atoms with E-state index in [1.165, 1.54) is 6.92 Å². The van der Waals surface area contributed by atoms with Crippen molar-refractivity contribution in [2.75, 3.05) is 25.0 Å². The van der Waals surface area contributed by atoms with Crippen LogP contribution in [0, 0.1) is 5.92 Å². The lowest BCUT2D eigenvalue weighted by Gasteiger charge is -2.38. The number of anilines is 1. The van der Waals surface area contributed by atoms with Crippen LogP contribution in [0.3, 0.4) is 0 Å². The summed E-state index contributed by atoms with van der Waals surface area (Å²) in [6.07, 6.45) is 1.74. The first-order valence-corrected chi connectivity index (χ1v) is 25.5. The molecular formula is C47H65F3N7O14S2+. The summed E-state index contributed by atoms with van der Waals surface area (Å²) in [6, 6.07) is 5.40. The number of hydrogen-bond acceptors (Lipinski definition) is 17. The van der Waals surface area contributed by atoms with Crippen molar-refractivity contribution in [3.63, 3.8) is 0 Å². The molecule has 404 valence electrons. The molecule has 0 radical (unpaired) electrons. The van der Waals surface area contributed by atoms with Gasteiger partial charge in [0, 0.05) is 25.0 Å². The monoisotopic (exact) mass is 1070 g/mol. The first-order valence-electron chi connectivity index (χ1n) is 23.3. The summed E-state index contributed by atoms with van der Waals surface area (Å²) < 4.78 is 100. The number of nitrogens with zero attached hydrogens (tertiary/aromatic N) is 5. The van der Waals surface area contributed by atoms with Crippen molar-refractivity contribution in [2.45, 2.75) is 162 Å². The fourth-order valence-electron chi connectivity index (χ4n) is 7.08. The molecule has 26 heteroatoms. The Morgan fingerprint density at radius 1 is 0.863 bits per heavy atom. The van der Waals surface area contributed by atoms with Crippen molar-refractivity contribution < 1.29 is 82.9 Å². The van der Waals surface area contributed by atoms with Crippen LogP contribution in [0.1, 0.15) is 114 Å². The van der Waals surface area contributed by atoms with E-state index in [4.69, 9.17) is 28.5 Å². The molecule has 2 aromatic heterocycles. The van der Waals surface area contributed by atoms with Crippen molar-refractivity contribution in [2.24, 2.45) is 11.1 Å². The topological polar surface area (TPSA) is 245 Å². The summed E-state index contributed by atoms with van der Waals surface area (Å²) in [7, 11) is -6.54. The second-order valence-electron chi connectivity index (χ2n) is 21.6. The van der Waals surface area contributed by atoms with Crippen LogP contribution in [0.15, 0.2) is 41.1 Å². The lowest BCUT2D eigenvalue weighted by Crippen LogP contribution is -2.58. The number of ether oxygens (including phenoxy) is 5. The van der Waals surface area contributed by atoms with Crippen molar-refractivity contribution in [3.8, 4) is 16.9 Å². The number of nitrogens with one attached hydrogen (secondary N) is 2. The zero-order valence-electron chi connectivity index (χ0n) is 43.2. The maximum atomic E-state index is 14.1. The highest BCUT2D eigenvalue weighted by molar-refractivity contribution is 7.88. The number of hydrogen-bond donors (Lipinski definition) is 2. The van der Waals surface area contributed by atoms with Gasteiger partial charge in [-0.05, 0) is 133 Å². The van der Waals surface area contributed by atoms with Crippen molar-refractivity contribution in [3.05, 3.63) is 47.2 Å². The zero-order chi connectivity index (χ0) is 54.7. The molecule has 5 rings (SSSR count). The van der Waals surface area contributed by atoms with Gasteiger partial charge in [-0.1, -0.05) is 11.2 Å². The van der Waals surface area contributed by atoms with Gasteiger partial charge >= 0.3 is 45.8 Å². The molecule has 0 aliphatic carbocycles. The number of thiazole rings is 1. The fourth-order valence-corrected chi connectivity index (χ4v) is 8.14. The molecule has 1 aromatic carbocycles. The predicted octanol–water partition coefficient (Wildman–Crippen LogP) is 7.64. The minimum absolute atomic E-state index is 0.0616. The Labute approximate surface area is 426 Å². The maximum absolute atomic E-state index is 14.1. The zero-order valence-corrected chi connectivity index (χ0v) is 44.8. The smallest absolute Gasteiger partial charge is 0.485 e. The Morgan fingerprint density at radius 3 is 2.08 bits per heavy atom. The van der Waals surface area contributed by atoms with Crippen molar-refractivity contribution >= 4 is 62.5 Å². The third kappa shape index (κ3) is 16.4. The number of alkyl carbamates (subject to hydrolysis) is 1. The molecule has 1 saturated heterocycles. The van der Waals surface area contributed by atoms with Gasteiger partial charge in [-0.3, -0.25) is 5.32 Å². The number of oxime groups is 1. The highest BCUT2D eigenvalue weighted by Crippen LogP contribution is 2.38. The first kappa shape index (κ1) is 57.7. The fraction of sp³-hybridized carbons (Fsp3) is 0.617. The van der Waals surface area contributed by atoms with E-state index in [0.717, 1.165) is 22.1 Å². The molecule has 21 nitrogen and oxygen atoms in total. The third-order valence-electron chi connectivity index (χ3n) is 10.3. The number of esters is 1. The molecule has 1 fully saturated rings. The Hall–Kier alpha value is -6.18. The number of carbonyl (C=O) groups is 5. The highest BCUT2D eigenvalue weighted by atomic mass is 32.2. The molecule has 73 heavy (non-hydrogen) atoms. The number of fused-ring (bicyclic) bond motifs is 1. The standard InChI is InChI=1S/C47H64F3N7O14S2/c1-42(2,3)66-37(59)46(13,71-54-35(36(58)70-73(63,64)47(48,49)50)32-27-72-38(52-32)53-40(61)68-44(7,8)9)34-18-16-30-21-29(15-17-33(30)65-34)31-25-56(20-14-19-51-39(60)67-43(4,5)6)57(26-31)24-28-22-55(23-28)41(62)69-45(10,11)12/h15,17,21,25-28,34H,14,16,18-20,22-24H2,1-13H3,(H-,51,52,53,60,61)/p+1/b54-35-/t34-,46+/m1/s1. The second kappa shape index (κ2) is 21.7. The Morgan fingerprint density at radius 2 is 1.48 bits per heavy atom. The van der Waals surface area contributed by atoms with E-state index in [2.05, 4.69) is 29.6 Å². The first-order chi connectivity index (χ1) is 33.4. The molecule has 0 spiro atoms. The van der Waals surface area contributed by atoms with Gasteiger partial charge in [-0.15, -0.1) is 16.0 Å². The van der Waals surface area contributed by atoms with E-state index in [9.17, 15) is 45.6 Å². The largest absolute Gasteiger partial charge is 0.534 e. The van der Waals surface area contributed by atoms with E-state index in [1.54, 1.807) is 79.3 Å². The number of halogens is 3.